The lowest BCUT2D eigenvalue weighted by molar-refractivity contribution is 0.556. The average molecular weight is 220 g/mol. The summed E-state index contributed by atoms with van der Waals surface area (Å²) in [4.78, 5) is 12.8. The van der Waals surface area contributed by atoms with E-state index >= 15 is 0 Å². The lowest BCUT2D eigenvalue weighted by Gasteiger charge is -2.18. The lowest BCUT2D eigenvalue weighted by atomic mass is 10.1. The number of benzene rings is 2. The van der Waals surface area contributed by atoms with E-state index in [9.17, 15) is 4.79 Å². The summed E-state index contributed by atoms with van der Waals surface area (Å²) < 4.78 is 0. The monoisotopic (exact) mass is 220 g/mol. The van der Waals surface area contributed by atoms with Gasteiger partial charge in [-0.15, -0.1) is 0 Å². The van der Waals surface area contributed by atoms with E-state index in [4.69, 9.17) is 0 Å². The van der Waals surface area contributed by atoms with Gasteiger partial charge in [-0.05, 0) is 23.3 Å². The van der Waals surface area contributed by atoms with Crippen molar-refractivity contribution in [2.24, 2.45) is 0 Å². The maximum Gasteiger partial charge on any atom is 0.321 e. The summed E-state index contributed by atoms with van der Waals surface area (Å²) in [5, 5.41) is 0. The second-order valence-corrected chi connectivity index (χ2v) is 3.88. The van der Waals surface area contributed by atoms with Crippen molar-refractivity contribution < 1.29 is 4.79 Å². The first-order valence-corrected chi connectivity index (χ1v) is 5.44. The van der Waals surface area contributed by atoms with Gasteiger partial charge >= 0.3 is 6.41 Å². The van der Waals surface area contributed by atoms with E-state index in [-0.39, 0.29) is 0 Å². The van der Waals surface area contributed by atoms with Crippen LogP contribution in [0.5, 0.6) is 0 Å². The van der Waals surface area contributed by atoms with Crippen molar-refractivity contribution in [2.45, 2.75) is 0 Å². The summed E-state index contributed by atoms with van der Waals surface area (Å²) in [5.41, 5.74) is 3.77. The van der Waals surface area contributed by atoms with Crippen molar-refractivity contribution in [3.05, 3.63) is 59.7 Å². The SMILES string of the molecule is O=[C]N1c2ccccc2C=Cc2ccccc21. The van der Waals surface area contributed by atoms with E-state index < -0.39 is 0 Å². The second kappa shape index (κ2) is 3.91. The highest BCUT2D eigenvalue weighted by molar-refractivity contribution is 5.98. The molecule has 0 saturated carbocycles. The van der Waals surface area contributed by atoms with Crippen LogP contribution < -0.4 is 4.90 Å². The van der Waals surface area contributed by atoms with E-state index in [1.165, 1.54) is 0 Å². The largest absolute Gasteiger partial charge is 0.321 e. The van der Waals surface area contributed by atoms with Crippen LogP contribution in [-0.4, -0.2) is 6.41 Å². The van der Waals surface area contributed by atoms with E-state index in [0.29, 0.717) is 0 Å². The number of rotatable bonds is 1. The van der Waals surface area contributed by atoms with E-state index in [0.717, 1.165) is 22.5 Å². The van der Waals surface area contributed by atoms with Gasteiger partial charge in [0, 0.05) is 0 Å². The Bertz CT molecular complexity index is 552. The van der Waals surface area contributed by atoms with Crippen molar-refractivity contribution >= 4 is 29.9 Å². The molecule has 81 valence electrons. The molecule has 2 aromatic rings. The Hall–Kier alpha value is -2.35. The van der Waals surface area contributed by atoms with Gasteiger partial charge in [0.15, 0.2) is 0 Å². The van der Waals surface area contributed by atoms with Crippen LogP contribution in [0.4, 0.5) is 11.4 Å². The molecule has 1 aliphatic rings. The third-order valence-corrected chi connectivity index (χ3v) is 2.89. The first-order valence-electron chi connectivity index (χ1n) is 5.44. The molecule has 0 saturated heterocycles. The second-order valence-electron chi connectivity index (χ2n) is 3.88. The Morgan fingerprint density at radius 3 is 1.71 bits per heavy atom. The fourth-order valence-corrected chi connectivity index (χ4v) is 2.07. The molecule has 17 heavy (non-hydrogen) atoms. The molecule has 1 heterocycles. The first kappa shape index (κ1) is 9.85. The molecule has 0 atom stereocenters. The van der Waals surface area contributed by atoms with Crippen LogP contribution in [0.1, 0.15) is 11.1 Å². The predicted octanol–water partition coefficient (Wildman–Crippen LogP) is 3.38. The molecule has 0 aromatic heterocycles. The van der Waals surface area contributed by atoms with Crippen molar-refractivity contribution in [2.75, 3.05) is 4.90 Å². The van der Waals surface area contributed by atoms with Gasteiger partial charge < -0.3 is 0 Å². The molecule has 1 radical (unpaired) electrons. The molecule has 0 N–H and O–H groups in total. The third-order valence-electron chi connectivity index (χ3n) is 2.89. The minimum absolute atomic E-state index is 0.865. The fraction of sp³-hybridized carbons (Fsp3) is 0. The molecule has 0 unspecified atom stereocenters. The Kier molecular flexibility index (Phi) is 2.26. The molecule has 0 bridgehead atoms. The topological polar surface area (TPSA) is 20.3 Å². The van der Waals surface area contributed by atoms with Crippen LogP contribution in [0.3, 0.4) is 0 Å². The van der Waals surface area contributed by atoms with Gasteiger partial charge in [0.1, 0.15) is 0 Å². The number of amides is 1. The molecule has 1 amide bonds. The average Bonchev–Trinajstić information content (AvgIpc) is 2.55. The minimum atomic E-state index is 0.865. The predicted molar refractivity (Wildman–Crippen MR) is 69.6 cm³/mol. The third kappa shape index (κ3) is 1.54. The van der Waals surface area contributed by atoms with Crippen LogP contribution in [0.15, 0.2) is 48.5 Å². The van der Waals surface area contributed by atoms with Gasteiger partial charge in [-0.1, -0.05) is 48.6 Å². The Labute approximate surface area is 99.8 Å². The summed E-state index contributed by atoms with van der Waals surface area (Å²) in [6.07, 6.45) is 6.04. The summed E-state index contributed by atoms with van der Waals surface area (Å²) >= 11 is 0. The van der Waals surface area contributed by atoms with Crippen molar-refractivity contribution in [1.29, 1.82) is 0 Å². The standard InChI is InChI=1S/C15H10NO/c17-11-16-14-7-3-1-5-12(14)9-10-13-6-2-4-8-15(13)16/h1-10H. The number of anilines is 2. The molecule has 1 aliphatic heterocycles. The Balaban J connectivity index is 2.29. The zero-order valence-corrected chi connectivity index (χ0v) is 9.13. The van der Waals surface area contributed by atoms with Crippen molar-refractivity contribution in [3.8, 4) is 0 Å². The van der Waals surface area contributed by atoms with Crippen LogP contribution in [0.2, 0.25) is 0 Å². The van der Waals surface area contributed by atoms with Gasteiger partial charge in [-0.25, -0.2) is 0 Å². The molecule has 2 nitrogen and oxygen atoms in total. The summed E-state index contributed by atoms with van der Waals surface area (Å²) in [5.74, 6) is 0. The quantitative estimate of drug-likeness (QED) is 0.721. The highest BCUT2D eigenvalue weighted by Gasteiger charge is 2.16. The summed E-state index contributed by atoms with van der Waals surface area (Å²) in [6.45, 7) is 0. The van der Waals surface area contributed by atoms with E-state index in [1.807, 2.05) is 67.1 Å². The van der Waals surface area contributed by atoms with E-state index in [2.05, 4.69) is 0 Å². The molecule has 0 fully saturated rings. The van der Waals surface area contributed by atoms with Crippen LogP contribution in [0, 0.1) is 0 Å². The number of hydrogen-bond donors (Lipinski definition) is 0. The fourth-order valence-electron chi connectivity index (χ4n) is 2.07. The van der Waals surface area contributed by atoms with Gasteiger partial charge in [0.2, 0.25) is 0 Å². The Morgan fingerprint density at radius 2 is 1.24 bits per heavy atom. The van der Waals surface area contributed by atoms with Gasteiger partial charge in [0.05, 0.1) is 11.4 Å². The Morgan fingerprint density at radius 1 is 0.765 bits per heavy atom. The van der Waals surface area contributed by atoms with Gasteiger partial charge in [-0.3, -0.25) is 9.69 Å². The summed E-state index contributed by atoms with van der Waals surface area (Å²) in [7, 11) is 0. The highest BCUT2D eigenvalue weighted by Crippen LogP contribution is 2.34. The van der Waals surface area contributed by atoms with Crippen molar-refractivity contribution in [3.63, 3.8) is 0 Å². The first-order chi connectivity index (χ1) is 8.40. The number of hydrogen-bond acceptors (Lipinski definition) is 1. The molecule has 0 aliphatic carbocycles. The molecular formula is C15H10NO. The van der Waals surface area contributed by atoms with Gasteiger partial charge in [-0.2, -0.15) is 0 Å². The van der Waals surface area contributed by atoms with Crippen LogP contribution >= 0.6 is 0 Å². The molecule has 3 rings (SSSR count). The smallest absolute Gasteiger partial charge is 0.272 e. The zero-order chi connectivity index (χ0) is 11.7. The molecule has 2 heteroatoms. The number of carbonyl (C=O) groups excluding carboxylic acids is 1. The number of fused-ring (bicyclic) bond motifs is 2. The molecule has 2 aromatic carbocycles. The molecule has 0 spiro atoms. The summed E-state index contributed by atoms with van der Waals surface area (Å²) in [6, 6.07) is 15.6. The number of para-hydroxylation sites is 2. The minimum Gasteiger partial charge on any atom is -0.272 e. The lowest BCUT2D eigenvalue weighted by Crippen LogP contribution is -2.15. The van der Waals surface area contributed by atoms with Crippen molar-refractivity contribution in [1.82, 2.24) is 0 Å². The number of nitrogens with zero attached hydrogens (tertiary/aromatic N) is 1. The molecular weight excluding hydrogens is 210 g/mol. The van der Waals surface area contributed by atoms with Gasteiger partial charge in [0.25, 0.3) is 0 Å². The highest BCUT2D eigenvalue weighted by atomic mass is 16.1. The maximum atomic E-state index is 11.2. The maximum absolute atomic E-state index is 11.2. The van der Waals surface area contributed by atoms with Crippen LogP contribution in [0.25, 0.3) is 12.2 Å². The zero-order valence-electron chi connectivity index (χ0n) is 9.13. The van der Waals surface area contributed by atoms with Crippen LogP contribution in [-0.2, 0) is 4.79 Å². The normalized spacial score (nSPS) is 12.6. The van der Waals surface area contributed by atoms with E-state index in [1.54, 1.807) is 4.90 Å².